The zero-order chi connectivity index (χ0) is 15.0. The minimum Gasteiger partial charge on any atom is -0.385 e. The summed E-state index contributed by atoms with van der Waals surface area (Å²) in [5.74, 6) is 0. The summed E-state index contributed by atoms with van der Waals surface area (Å²) < 4.78 is 0. The molecule has 2 nitrogen and oxygen atoms in total. The molecule has 2 heteroatoms. The molecule has 0 amide bonds. The Balaban J connectivity index is 3.02. The first-order valence-corrected chi connectivity index (χ1v) is 7.23. The van der Waals surface area contributed by atoms with E-state index in [-0.39, 0.29) is 6.04 Å². The minimum atomic E-state index is -0.886. The second kappa shape index (κ2) is 8.03. The SMILES string of the molecule is C=CC[C@@H]1CC=C(C(O)(CC=C)CC=C)[C@H](CC=C)N1. The Morgan fingerprint density at radius 2 is 1.70 bits per heavy atom. The van der Waals surface area contributed by atoms with Crippen LogP contribution in [-0.2, 0) is 0 Å². The van der Waals surface area contributed by atoms with Crippen LogP contribution < -0.4 is 5.32 Å². The molecule has 2 atom stereocenters. The van der Waals surface area contributed by atoms with E-state index in [4.69, 9.17) is 0 Å². The summed E-state index contributed by atoms with van der Waals surface area (Å²) >= 11 is 0. The van der Waals surface area contributed by atoms with Crippen molar-refractivity contribution in [3.05, 3.63) is 62.3 Å². The molecule has 0 saturated heterocycles. The van der Waals surface area contributed by atoms with E-state index in [0.717, 1.165) is 24.8 Å². The molecule has 0 fully saturated rings. The third-order valence-corrected chi connectivity index (χ3v) is 3.79. The predicted octanol–water partition coefficient (Wildman–Crippen LogP) is 3.68. The van der Waals surface area contributed by atoms with Crippen molar-refractivity contribution < 1.29 is 5.11 Å². The predicted molar refractivity (Wildman–Crippen MR) is 87.6 cm³/mol. The van der Waals surface area contributed by atoms with E-state index in [2.05, 4.69) is 37.7 Å². The van der Waals surface area contributed by atoms with Crippen molar-refractivity contribution in [2.75, 3.05) is 0 Å². The fourth-order valence-electron chi connectivity index (χ4n) is 2.89. The van der Waals surface area contributed by atoms with Gasteiger partial charge in [-0.15, -0.1) is 26.3 Å². The van der Waals surface area contributed by atoms with E-state index < -0.39 is 5.60 Å². The molecular formula is C18H27NO. The monoisotopic (exact) mass is 273 g/mol. The summed E-state index contributed by atoms with van der Waals surface area (Å²) in [6, 6.07) is 0.508. The molecule has 2 N–H and O–H groups in total. The van der Waals surface area contributed by atoms with Crippen molar-refractivity contribution in [1.29, 1.82) is 0 Å². The Kier molecular flexibility index (Phi) is 6.69. The smallest absolute Gasteiger partial charge is 0.0940 e. The van der Waals surface area contributed by atoms with Crippen LogP contribution in [0.15, 0.2) is 62.3 Å². The van der Waals surface area contributed by atoms with Gasteiger partial charge >= 0.3 is 0 Å². The van der Waals surface area contributed by atoms with Gasteiger partial charge in [-0.1, -0.05) is 30.4 Å². The Hall–Kier alpha value is -1.38. The molecule has 110 valence electrons. The average Bonchev–Trinajstić information content (AvgIpc) is 2.40. The van der Waals surface area contributed by atoms with Gasteiger partial charge in [0, 0.05) is 12.1 Å². The molecule has 0 radical (unpaired) electrons. The largest absolute Gasteiger partial charge is 0.385 e. The van der Waals surface area contributed by atoms with Crippen LogP contribution in [0.1, 0.15) is 32.1 Å². The Labute approximate surface area is 123 Å². The maximum atomic E-state index is 10.9. The molecule has 0 aliphatic carbocycles. The van der Waals surface area contributed by atoms with Crippen LogP contribution in [0.5, 0.6) is 0 Å². The number of hydrogen-bond donors (Lipinski definition) is 2. The second-order valence-electron chi connectivity index (χ2n) is 5.38. The summed E-state index contributed by atoms with van der Waals surface area (Å²) in [7, 11) is 0. The first-order chi connectivity index (χ1) is 9.61. The summed E-state index contributed by atoms with van der Waals surface area (Å²) in [4.78, 5) is 0. The van der Waals surface area contributed by atoms with E-state index in [0.29, 0.717) is 18.9 Å². The number of nitrogens with one attached hydrogen (secondary N) is 1. The van der Waals surface area contributed by atoms with Crippen molar-refractivity contribution in [1.82, 2.24) is 5.32 Å². The lowest BCUT2D eigenvalue weighted by Gasteiger charge is -2.39. The van der Waals surface area contributed by atoms with Crippen LogP contribution >= 0.6 is 0 Å². The highest BCUT2D eigenvalue weighted by molar-refractivity contribution is 5.29. The van der Waals surface area contributed by atoms with Gasteiger partial charge in [-0.25, -0.2) is 0 Å². The molecule has 1 heterocycles. The van der Waals surface area contributed by atoms with Gasteiger partial charge in [-0.2, -0.15) is 0 Å². The minimum absolute atomic E-state index is 0.121. The molecule has 1 rings (SSSR count). The molecule has 0 aromatic rings. The molecular weight excluding hydrogens is 246 g/mol. The fourth-order valence-corrected chi connectivity index (χ4v) is 2.89. The highest BCUT2D eigenvalue weighted by atomic mass is 16.3. The molecule has 0 aromatic heterocycles. The van der Waals surface area contributed by atoms with Crippen LogP contribution in [0.4, 0.5) is 0 Å². The van der Waals surface area contributed by atoms with Crippen LogP contribution in [0.2, 0.25) is 0 Å². The zero-order valence-electron chi connectivity index (χ0n) is 12.4. The maximum Gasteiger partial charge on any atom is 0.0940 e. The quantitative estimate of drug-likeness (QED) is 0.628. The lowest BCUT2D eigenvalue weighted by Crippen LogP contribution is -2.48. The average molecular weight is 273 g/mol. The summed E-state index contributed by atoms with van der Waals surface area (Å²) in [5, 5.41) is 14.5. The highest BCUT2D eigenvalue weighted by Gasteiger charge is 2.36. The zero-order valence-corrected chi connectivity index (χ0v) is 12.4. The van der Waals surface area contributed by atoms with E-state index in [9.17, 15) is 5.11 Å². The van der Waals surface area contributed by atoms with Crippen molar-refractivity contribution in [2.24, 2.45) is 0 Å². The molecule has 20 heavy (non-hydrogen) atoms. The third kappa shape index (κ3) is 4.06. The fraction of sp³-hybridized carbons (Fsp3) is 0.444. The normalized spacial score (nSPS) is 22.8. The van der Waals surface area contributed by atoms with Gasteiger partial charge < -0.3 is 10.4 Å². The van der Waals surface area contributed by atoms with Gasteiger partial charge in [0.05, 0.1) is 5.60 Å². The standard InChI is InChI=1S/C18H27NO/c1-5-9-15-11-12-16(17(19-15)10-6-2)18(20,13-7-3)14-8-4/h5-8,12,15,17,19-20H,1-4,9-11,13-14H2/t15-,17+/m1/s1. The van der Waals surface area contributed by atoms with E-state index in [1.165, 1.54) is 0 Å². The molecule has 0 aromatic carbocycles. The first kappa shape index (κ1) is 16.7. The van der Waals surface area contributed by atoms with E-state index in [1.54, 1.807) is 12.2 Å². The lowest BCUT2D eigenvalue weighted by atomic mass is 9.78. The highest BCUT2D eigenvalue weighted by Crippen LogP contribution is 2.33. The summed E-state index contributed by atoms with van der Waals surface area (Å²) in [6.07, 6.45) is 13.2. The number of rotatable bonds is 9. The number of hydrogen-bond acceptors (Lipinski definition) is 2. The first-order valence-electron chi connectivity index (χ1n) is 7.23. The Morgan fingerprint density at radius 1 is 1.10 bits per heavy atom. The molecule has 0 spiro atoms. The Bertz CT molecular complexity index is 384. The Morgan fingerprint density at radius 3 is 2.20 bits per heavy atom. The van der Waals surface area contributed by atoms with Gasteiger partial charge in [0.25, 0.3) is 0 Å². The van der Waals surface area contributed by atoms with Crippen molar-refractivity contribution in [3.63, 3.8) is 0 Å². The summed E-state index contributed by atoms with van der Waals surface area (Å²) in [6.45, 7) is 15.1. The van der Waals surface area contributed by atoms with Crippen LogP contribution in [0, 0.1) is 0 Å². The van der Waals surface area contributed by atoms with Gasteiger partial charge in [0.2, 0.25) is 0 Å². The lowest BCUT2D eigenvalue weighted by molar-refractivity contribution is 0.0730. The van der Waals surface area contributed by atoms with Gasteiger partial charge in [0.15, 0.2) is 0 Å². The van der Waals surface area contributed by atoms with E-state index in [1.807, 2.05) is 12.2 Å². The molecule has 0 unspecified atom stereocenters. The van der Waals surface area contributed by atoms with Crippen molar-refractivity contribution >= 4 is 0 Å². The third-order valence-electron chi connectivity index (χ3n) is 3.79. The van der Waals surface area contributed by atoms with Crippen LogP contribution in [0.3, 0.4) is 0 Å². The van der Waals surface area contributed by atoms with E-state index >= 15 is 0 Å². The molecule has 0 bridgehead atoms. The van der Waals surface area contributed by atoms with Crippen LogP contribution in [-0.4, -0.2) is 22.8 Å². The van der Waals surface area contributed by atoms with Crippen molar-refractivity contribution in [3.8, 4) is 0 Å². The second-order valence-corrected chi connectivity index (χ2v) is 5.38. The maximum absolute atomic E-state index is 10.9. The number of aliphatic hydroxyl groups is 1. The van der Waals surface area contributed by atoms with Gasteiger partial charge in [-0.05, 0) is 37.7 Å². The van der Waals surface area contributed by atoms with Gasteiger partial charge in [0.1, 0.15) is 0 Å². The van der Waals surface area contributed by atoms with Crippen LogP contribution in [0.25, 0.3) is 0 Å². The molecule has 1 aliphatic heterocycles. The molecule has 1 aliphatic rings. The van der Waals surface area contributed by atoms with Crippen molar-refractivity contribution in [2.45, 2.75) is 49.8 Å². The topological polar surface area (TPSA) is 32.3 Å². The summed E-state index contributed by atoms with van der Waals surface area (Å²) in [5.41, 5.74) is 0.154. The van der Waals surface area contributed by atoms with Gasteiger partial charge in [-0.3, -0.25) is 0 Å². The molecule has 0 saturated carbocycles.